The topological polar surface area (TPSA) is 40.0 Å². The number of nitrogens with zero attached hydrogens (tertiary/aromatic N) is 1. The number of fused-ring (bicyclic) bond motifs is 2. The molecule has 2 heterocycles. The lowest BCUT2D eigenvalue weighted by molar-refractivity contribution is -0.160. The highest BCUT2D eigenvalue weighted by Gasteiger charge is 2.58. The maximum absolute atomic E-state index is 5.73. The Hall–Kier alpha value is -0.610. The molecule has 4 atom stereocenters. The van der Waals surface area contributed by atoms with Gasteiger partial charge in [-0.15, -0.1) is 5.16 Å². The standard InChI is InChI=1S/C9H15NO3/c1-6-8-4-12-9(6,5-11-8)7(2)13-10-3/h6-8H,3-5H2,1-2H3/t6-,7?,8-,9-/m0/s1. The average molecular weight is 185 g/mol. The lowest BCUT2D eigenvalue weighted by atomic mass is 9.86. The number of oxime groups is 1. The third-order valence-electron chi connectivity index (χ3n) is 3.29. The number of rotatable bonds is 3. The van der Waals surface area contributed by atoms with Gasteiger partial charge in [-0.05, 0) is 6.92 Å². The molecule has 0 radical (unpaired) electrons. The summed E-state index contributed by atoms with van der Waals surface area (Å²) in [6.45, 7) is 8.67. The van der Waals surface area contributed by atoms with Crippen LogP contribution < -0.4 is 0 Å². The van der Waals surface area contributed by atoms with E-state index in [2.05, 4.69) is 18.8 Å². The van der Waals surface area contributed by atoms with Gasteiger partial charge >= 0.3 is 0 Å². The van der Waals surface area contributed by atoms with Crippen molar-refractivity contribution in [1.82, 2.24) is 0 Å². The van der Waals surface area contributed by atoms with E-state index >= 15 is 0 Å². The van der Waals surface area contributed by atoms with Gasteiger partial charge in [-0.1, -0.05) is 6.92 Å². The molecule has 2 bridgehead atoms. The zero-order chi connectivity index (χ0) is 9.47. The minimum Gasteiger partial charge on any atom is -0.390 e. The van der Waals surface area contributed by atoms with Gasteiger partial charge in [0.15, 0.2) is 6.10 Å². The van der Waals surface area contributed by atoms with E-state index in [1.54, 1.807) is 0 Å². The summed E-state index contributed by atoms with van der Waals surface area (Å²) < 4.78 is 11.3. The summed E-state index contributed by atoms with van der Waals surface area (Å²) in [6, 6.07) is 0. The summed E-state index contributed by atoms with van der Waals surface area (Å²) >= 11 is 0. The normalized spacial score (nSPS) is 44.8. The van der Waals surface area contributed by atoms with E-state index in [-0.39, 0.29) is 17.8 Å². The van der Waals surface area contributed by atoms with Crippen molar-refractivity contribution in [3.8, 4) is 0 Å². The third kappa shape index (κ3) is 1.09. The van der Waals surface area contributed by atoms with Crippen molar-refractivity contribution in [2.75, 3.05) is 13.2 Å². The van der Waals surface area contributed by atoms with Gasteiger partial charge in [-0.2, -0.15) is 0 Å². The molecular weight excluding hydrogens is 170 g/mol. The molecule has 4 heteroatoms. The molecule has 13 heavy (non-hydrogen) atoms. The molecule has 74 valence electrons. The fourth-order valence-electron chi connectivity index (χ4n) is 2.24. The van der Waals surface area contributed by atoms with Crippen LogP contribution in [0.25, 0.3) is 0 Å². The second-order valence-corrected chi connectivity index (χ2v) is 3.78. The minimum atomic E-state index is -0.300. The Morgan fingerprint density at radius 1 is 1.69 bits per heavy atom. The Balaban J connectivity index is 2.14. The van der Waals surface area contributed by atoms with Gasteiger partial charge in [0.2, 0.25) is 0 Å². The fourth-order valence-corrected chi connectivity index (χ4v) is 2.24. The largest absolute Gasteiger partial charge is 0.390 e. The zero-order valence-electron chi connectivity index (χ0n) is 8.03. The van der Waals surface area contributed by atoms with Crippen molar-refractivity contribution in [2.24, 2.45) is 11.1 Å². The summed E-state index contributed by atoms with van der Waals surface area (Å²) in [6.07, 6.45) is 0.142. The van der Waals surface area contributed by atoms with Crippen LogP contribution in [0, 0.1) is 5.92 Å². The Morgan fingerprint density at radius 2 is 2.46 bits per heavy atom. The van der Waals surface area contributed by atoms with Crippen molar-refractivity contribution in [2.45, 2.75) is 31.7 Å². The van der Waals surface area contributed by atoms with Crippen LogP contribution in [0.4, 0.5) is 0 Å². The van der Waals surface area contributed by atoms with E-state index < -0.39 is 0 Å². The van der Waals surface area contributed by atoms with Crippen LogP contribution in [0.15, 0.2) is 5.16 Å². The number of ether oxygens (including phenoxy) is 2. The maximum atomic E-state index is 5.73. The SMILES string of the molecule is C=NOC(C)[C@@]12CO[C@@H](CO1)[C@@H]2C. The second kappa shape index (κ2) is 2.96. The second-order valence-electron chi connectivity index (χ2n) is 3.78. The molecule has 0 amide bonds. The van der Waals surface area contributed by atoms with Gasteiger partial charge in [0.05, 0.1) is 19.3 Å². The summed E-state index contributed by atoms with van der Waals surface area (Å²) in [4.78, 5) is 5.13. The quantitative estimate of drug-likeness (QED) is 0.482. The first-order valence-corrected chi connectivity index (χ1v) is 4.58. The van der Waals surface area contributed by atoms with E-state index in [4.69, 9.17) is 14.3 Å². The van der Waals surface area contributed by atoms with Gasteiger partial charge in [0.1, 0.15) is 5.60 Å². The van der Waals surface area contributed by atoms with Crippen LogP contribution in [0.2, 0.25) is 0 Å². The molecule has 4 nitrogen and oxygen atoms in total. The first kappa shape index (κ1) is 8.97. The van der Waals surface area contributed by atoms with Crippen LogP contribution in [0.1, 0.15) is 13.8 Å². The summed E-state index contributed by atoms with van der Waals surface area (Å²) in [5, 5.41) is 3.44. The minimum absolute atomic E-state index is 0.0903. The monoisotopic (exact) mass is 185 g/mol. The molecule has 2 fully saturated rings. The lowest BCUT2D eigenvalue weighted by Gasteiger charge is -2.32. The third-order valence-corrected chi connectivity index (χ3v) is 3.29. The molecule has 2 saturated heterocycles. The van der Waals surface area contributed by atoms with Gasteiger partial charge in [-0.3, -0.25) is 0 Å². The van der Waals surface area contributed by atoms with Crippen molar-refractivity contribution in [3.05, 3.63) is 0 Å². The van der Waals surface area contributed by atoms with Crippen LogP contribution >= 0.6 is 0 Å². The zero-order valence-corrected chi connectivity index (χ0v) is 8.03. The molecule has 2 aliphatic rings. The lowest BCUT2D eigenvalue weighted by Crippen LogP contribution is -2.47. The van der Waals surface area contributed by atoms with Crippen LogP contribution in [0.5, 0.6) is 0 Å². The highest BCUT2D eigenvalue weighted by atomic mass is 16.7. The first-order chi connectivity index (χ1) is 6.20. The highest BCUT2D eigenvalue weighted by Crippen LogP contribution is 2.43. The molecule has 0 aromatic carbocycles. The number of hydrogen-bond donors (Lipinski definition) is 0. The van der Waals surface area contributed by atoms with E-state index in [1.165, 1.54) is 0 Å². The molecule has 0 aliphatic carbocycles. The molecule has 1 unspecified atom stereocenters. The number of hydrogen-bond acceptors (Lipinski definition) is 4. The van der Waals surface area contributed by atoms with Gasteiger partial charge < -0.3 is 14.3 Å². The van der Waals surface area contributed by atoms with Crippen molar-refractivity contribution >= 4 is 6.72 Å². The maximum Gasteiger partial charge on any atom is 0.156 e. The highest BCUT2D eigenvalue weighted by molar-refractivity contribution is 5.21. The van der Waals surface area contributed by atoms with Crippen LogP contribution in [-0.2, 0) is 14.3 Å². The van der Waals surface area contributed by atoms with Crippen molar-refractivity contribution in [3.63, 3.8) is 0 Å². The van der Waals surface area contributed by atoms with E-state index in [0.29, 0.717) is 19.1 Å². The first-order valence-electron chi connectivity index (χ1n) is 4.58. The molecule has 0 aromatic rings. The average Bonchev–Trinajstić information content (AvgIpc) is 2.62. The Kier molecular flexibility index (Phi) is 2.04. The van der Waals surface area contributed by atoms with Crippen molar-refractivity contribution in [1.29, 1.82) is 0 Å². The Bertz CT molecular complexity index is 211. The van der Waals surface area contributed by atoms with Gasteiger partial charge in [0, 0.05) is 12.6 Å². The predicted octanol–water partition coefficient (Wildman–Crippen LogP) is 0.811. The smallest absolute Gasteiger partial charge is 0.156 e. The van der Waals surface area contributed by atoms with Crippen LogP contribution in [0.3, 0.4) is 0 Å². The molecule has 0 spiro atoms. The molecule has 0 N–H and O–H groups in total. The molecule has 2 rings (SSSR count). The predicted molar refractivity (Wildman–Crippen MR) is 47.7 cm³/mol. The Morgan fingerprint density at radius 3 is 2.85 bits per heavy atom. The van der Waals surface area contributed by atoms with E-state index in [1.807, 2.05) is 6.92 Å². The van der Waals surface area contributed by atoms with Gasteiger partial charge in [-0.25, -0.2) is 0 Å². The summed E-state index contributed by atoms with van der Waals surface area (Å²) in [5.74, 6) is 0.379. The molecule has 2 aliphatic heterocycles. The molecule has 0 aromatic heterocycles. The van der Waals surface area contributed by atoms with Crippen LogP contribution in [-0.4, -0.2) is 37.7 Å². The Labute approximate surface area is 77.8 Å². The van der Waals surface area contributed by atoms with Gasteiger partial charge in [0.25, 0.3) is 0 Å². The molecular formula is C9H15NO3. The van der Waals surface area contributed by atoms with E-state index in [0.717, 1.165) is 0 Å². The fraction of sp³-hybridized carbons (Fsp3) is 0.889. The summed E-state index contributed by atoms with van der Waals surface area (Å²) in [5.41, 5.74) is -0.300. The molecule has 0 saturated carbocycles. The summed E-state index contributed by atoms with van der Waals surface area (Å²) in [7, 11) is 0. The van der Waals surface area contributed by atoms with E-state index in [9.17, 15) is 0 Å². The van der Waals surface area contributed by atoms with Crippen molar-refractivity contribution < 1.29 is 14.3 Å².